The minimum atomic E-state index is -5.07. The van der Waals surface area contributed by atoms with E-state index in [2.05, 4.69) is 103 Å². The first-order valence-corrected chi connectivity index (χ1v) is 29.7. The number of allylic oxidation sites excluding steroid dienone is 14. The predicted octanol–water partition coefficient (Wildman–Crippen LogP) is 14.0. The van der Waals surface area contributed by atoms with E-state index in [1.165, 1.54) is 89.9 Å². The zero-order valence-corrected chi connectivity index (χ0v) is 45.8. The SMILES string of the molecule is CC/C=C\C/C=C\C/C=C\C/C=C\CCCCCCCCCCCCCOCC(COC1OC(CO)C(O)C(OS(=O)(=O)O)C1O)OC(=O)CCCCCCCC/C=C\C/C=C\C/C=C\CCCCCCC. The van der Waals surface area contributed by atoms with Crippen LogP contribution in [0.4, 0.5) is 0 Å². The molecule has 0 aliphatic carbocycles. The van der Waals surface area contributed by atoms with Gasteiger partial charge in [-0.2, -0.15) is 8.42 Å². The Morgan fingerprint density at radius 3 is 1.40 bits per heavy atom. The molecule has 12 nitrogen and oxygen atoms in total. The van der Waals surface area contributed by atoms with Gasteiger partial charge in [-0.25, -0.2) is 4.18 Å². The first-order valence-electron chi connectivity index (χ1n) is 28.3. The van der Waals surface area contributed by atoms with Crippen molar-refractivity contribution in [1.29, 1.82) is 0 Å². The maximum absolute atomic E-state index is 13.0. The summed E-state index contributed by atoms with van der Waals surface area (Å²) in [6.07, 6.45) is 57.5. The number of unbranched alkanes of at least 4 members (excludes halogenated alkanes) is 22. The van der Waals surface area contributed by atoms with Crippen molar-refractivity contribution in [3.05, 3.63) is 85.1 Å². The number of carbonyl (C=O) groups excluding carboxylic acids is 1. The van der Waals surface area contributed by atoms with Gasteiger partial charge >= 0.3 is 16.4 Å². The second-order valence-corrected chi connectivity index (χ2v) is 20.2. The number of hydrogen-bond acceptors (Lipinski definition) is 11. The number of esters is 1. The van der Waals surface area contributed by atoms with Crippen molar-refractivity contribution < 1.29 is 56.2 Å². The molecule has 6 atom stereocenters. The molecule has 1 aliphatic rings. The van der Waals surface area contributed by atoms with E-state index < -0.39 is 59.8 Å². The van der Waals surface area contributed by atoms with Gasteiger partial charge in [0.05, 0.1) is 19.8 Å². The number of carbonyl (C=O) groups is 1. The smallest absolute Gasteiger partial charge is 0.397 e. The Morgan fingerprint density at radius 1 is 0.542 bits per heavy atom. The lowest BCUT2D eigenvalue weighted by Crippen LogP contribution is -2.60. The maximum atomic E-state index is 13.0. The molecule has 0 amide bonds. The average Bonchev–Trinajstić information content (AvgIpc) is 3.36. The molecular weight excluding hydrogens is 933 g/mol. The van der Waals surface area contributed by atoms with E-state index in [0.717, 1.165) is 103 Å². The fourth-order valence-electron chi connectivity index (χ4n) is 8.26. The normalized spacial score (nSPS) is 19.6. The minimum absolute atomic E-state index is 0.0242. The van der Waals surface area contributed by atoms with Gasteiger partial charge in [0.2, 0.25) is 0 Å². The molecule has 0 saturated carbocycles. The summed E-state index contributed by atoms with van der Waals surface area (Å²) in [5.74, 6) is -0.414. The minimum Gasteiger partial charge on any atom is -0.457 e. The lowest BCUT2D eigenvalue weighted by molar-refractivity contribution is -0.301. The van der Waals surface area contributed by atoms with Gasteiger partial charge in [-0.15, -0.1) is 0 Å². The Labute approximate surface area is 438 Å². The van der Waals surface area contributed by atoms with Crippen LogP contribution in [0.2, 0.25) is 0 Å². The van der Waals surface area contributed by atoms with Crippen LogP contribution in [0.5, 0.6) is 0 Å². The molecule has 13 heteroatoms. The molecule has 6 unspecified atom stereocenters. The van der Waals surface area contributed by atoms with Gasteiger partial charge in [0.15, 0.2) is 6.29 Å². The third kappa shape index (κ3) is 41.6. The summed E-state index contributed by atoms with van der Waals surface area (Å²) in [7, 11) is -5.07. The van der Waals surface area contributed by atoms with E-state index in [1.54, 1.807) is 0 Å². The van der Waals surface area contributed by atoms with Gasteiger partial charge < -0.3 is 34.3 Å². The molecule has 0 spiro atoms. The first kappa shape index (κ1) is 67.3. The Kier molecular flexibility index (Phi) is 46.0. The molecule has 1 rings (SSSR count). The van der Waals surface area contributed by atoms with Crippen molar-refractivity contribution in [3.63, 3.8) is 0 Å². The molecule has 1 aliphatic heterocycles. The quantitative estimate of drug-likeness (QED) is 0.0196. The summed E-state index contributed by atoms with van der Waals surface area (Å²) < 4.78 is 59.4. The zero-order valence-electron chi connectivity index (χ0n) is 45.0. The molecule has 1 saturated heterocycles. The van der Waals surface area contributed by atoms with Crippen LogP contribution in [0.25, 0.3) is 0 Å². The second kappa shape index (κ2) is 49.2. The lowest BCUT2D eigenvalue weighted by Gasteiger charge is -2.41. The van der Waals surface area contributed by atoms with Gasteiger partial charge in [0, 0.05) is 13.0 Å². The summed E-state index contributed by atoms with van der Waals surface area (Å²) in [5.41, 5.74) is 0. The number of aliphatic hydroxyl groups is 3. The molecular formula is C59H102O12S. The highest BCUT2D eigenvalue weighted by Gasteiger charge is 2.48. The summed E-state index contributed by atoms with van der Waals surface area (Å²) in [5, 5.41) is 30.8. The van der Waals surface area contributed by atoms with Crippen LogP contribution in [-0.2, 0) is 38.3 Å². The summed E-state index contributed by atoms with van der Waals surface area (Å²) in [4.78, 5) is 13.0. The summed E-state index contributed by atoms with van der Waals surface area (Å²) >= 11 is 0. The molecule has 0 aromatic carbocycles. The average molecular weight is 1040 g/mol. The molecule has 0 aromatic rings. The largest absolute Gasteiger partial charge is 0.457 e. The molecule has 0 radical (unpaired) electrons. The Hall–Kier alpha value is -2.72. The van der Waals surface area contributed by atoms with Crippen molar-refractivity contribution in [2.75, 3.05) is 26.4 Å². The van der Waals surface area contributed by atoms with Crippen LogP contribution in [0.3, 0.4) is 0 Å². The van der Waals surface area contributed by atoms with E-state index in [0.29, 0.717) is 13.0 Å². The third-order valence-corrected chi connectivity index (χ3v) is 13.0. The van der Waals surface area contributed by atoms with Crippen LogP contribution >= 0.6 is 0 Å². The molecule has 1 heterocycles. The topological polar surface area (TPSA) is 178 Å². The molecule has 0 aromatic heterocycles. The number of aliphatic hydroxyl groups excluding tert-OH is 3. The van der Waals surface area contributed by atoms with E-state index in [9.17, 15) is 33.1 Å². The summed E-state index contributed by atoms with van der Waals surface area (Å²) in [6.45, 7) is 3.86. The molecule has 1 fully saturated rings. The fraction of sp³-hybridized carbons (Fsp3) is 0.746. The number of ether oxygens (including phenoxy) is 4. The Bertz CT molecular complexity index is 1570. The van der Waals surface area contributed by atoms with Gasteiger partial charge in [-0.1, -0.05) is 208 Å². The van der Waals surface area contributed by atoms with Crippen LogP contribution in [0.1, 0.15) is 219 Å². The van der Waals surface area contributed by atoms with Crippen LogP contribution in [0.15, 0.2) is 85.1 Å². The van der Waals surface area contributed by atoms with Crippen molar-refractivity contribution in [1.82, 2.24) is 0 Å². The number of hydrogen-bond donors (Lipinski definition) is 4. The molecule has 0 bridgehead atoms. The maximum Gasteiger partial charge on any atom is 0.397 e. The Morgan fingerprint density at radius 2 is 0.958 bits per heavy atom. The van der Waals surface area contributed by atoms with Crippen LogP contribution in [-0.4, -0.2) is 97.5 Å². The van der Waals surface area contributed by atoms with Gasteiger partial charge in [-0.3, -0.25) is 9.35 Å². The highest BCUT2D eigenvalue weighted by molar-refractivity contribution is 7.80. The first-order chi connectivity index (χ1) is 35.1. The van der Waals surface area contributed by atoms with E-state index in [4.69, 9.17) is 18.9 Å². The highest BCUT2D eigenvalue weighted by atomic mass is 32.3. The monoisotopic (exact) mass is 1030 g/mol. The van der Waals surface area contributed by atoms with Gasteiger partial charge in [-0.05, 0) is 89.9 Å². The van der Waals surface area contributed by atoms with E-state index >= 15 is 0 Å². The molecule has 416 valence electrons. The lowest BCUT2D eigenvalue weighted by atomic mass is 9.99. The third-order valence-electron chi connectivity index (χ3n) is 12.5. The standard InChI is InChI=1S/C59H102O12S/c1-3-5-7-9-11-13-15-17-19-21-23-25-26-27-29-31-33-35-37-39-41-43-45-47-49-67-51-53(52-68-59-57(63)58(71-72(64,65)66)56(62)54(50-60)70-59)69-55(61)48-46-44-42-40-38-36-34-32-30-28-24-22-20-18-16-14-12-10-8-6-4-2/h5,7,11,13,16-19,22-25,30,32,53-54,56-60,62-63H,3-4,6,8-10,12,14-15,20-21,26-29,31,33-52H2,1-2H3,(H,64,65,66)/b7-5-,13-11-,18-16-,19-17-,24-22-,25-23-,32-30-. The molecule has 72 heavy (non-hydrogen) atoms. The second-order valence-electron chi connectivity index (χ2n) is 19.1. The van der Waals surface area contributed by atoms with Gasteiger partial charge in [0.1, 0.15) is 30.5 Å². The van der Waals surface area contributed by atoms with E-state index in [1.807, 2.05) is 0 Å². The van der Waals surface area contributed by atoms with Crippen molar-refractivity contribution >= 4 is 16.4 Å². The van der Waals surface area contributed by atoms with Crippen molar-refractivity contribution in [2.45, 2.75) is 256 Å². The van der Waals surface area contributed by atoms with Crippen LogP contribution < -0.4 is 0 Å². The summed E-state index contributed by atoms with van der Waals surface area (Å²) in [6, 6.07) is 0. The Balaban J connectivity index is 2.33. The van der Waals surface area contributed by atoms with E-state index in [-0.39, 0.29) is 19.6 Å². The zero-order chi connectivity index (χ0) is 52.4. The fourth-order valence-corrected chi connectivity index (χ4v) is 8.77. The molecule has 4 N–H and O–H groups in total. The van der Waals surface area contributed by atoms with Gasteiger partial charge in [0.25, 0.3) is 0 Å². The van der Waals surface area contributed by atoms with Crippen LogP contribution in [0, 0.1) is 0 Å². The van der Waals surface area contributed by atoms with Crippen molar-refractivity contribution in [2.24, 2.45) is 0 Å². The predicted molar refractivity (Wildman–Crippen MR) is 294 cm³/mol. The number of rotatable bonds is 49. The van der Waals surface area contributed by atoms with Crippen molar-refractivity contribution in [3.8, 4) is 0 Å². The highest BCUT2D eigenvalue weighted by Crippen LogP contribution is 2.26.